The van der Waals surface area contributed by atoms with E-state index in [1.54, 1.807) is 13.0 Å². The maximum Gasteiger partial charge on any atom is 0.266 e. The van der Waals surface area contributed by atoms with E-state index in [0.717, 1.165) is 4.47 Å². The van der Waals surface area contributed by atoms with Gasteiger partial charge in [-0.3, -0.25) is 9.69 Å². The summed E-state index contributed by atoms with van der Waals surface area (Å²) in [6.45, 7) is 5.46. The lowest BCUT2D eigenvalue weighted by molar-refractivity contribution is 0.0994. The van der Waals surface area contributed by atoms with Crippen molar-refractivity contribution in [1.29, 1.82) is 0 Å². The number of anilines is 1. The second-order valence-electron chi connectivity index (χ2n) is 4.26. The van der Waals surface area contributed by atoms with Gasteiger partial charge in [-0.2, -0.15) is 0 Å². The number of carbonyl (C=O) groups excluding carboxylic acids is 1. The van der Waals surface area contributed by atoms with E-state index >= 15 is 0 Å². The number of nitrogens with zero attached hydrogens (tertiary/aromatic N) is 1. The summed E-state index contributed by atoms with van der Waals surface area (Å²) in [5, 5.41) is 9.97. The first-order valence-electron chi connectivity index (χ1n) is 6.05. The Bertz CT molecular complexity index is 653. The molecule has 4 heteroatoms. The number of halogens is 1. The van der Waals surface area contributed by atoms with Crippen molar-refractivity contribution in [3.8, 4) is 5.75 Å². The summed E-state index contributed by atoms with van der Waals surface area (Å²) in [6.07, 6.45) is 1.44. The van der Waals surface area contributed by atoms with E-state index in [2.05, 4.69) is 22.5 Å². The molecule has 2 aromatic carbocycles. The molecule has 0 fully saturated rings. The molecule has 0 saturated heterocycles. The van der Waals surface area contributed by atoms with E-state index in [9.17, 15) is 9.90 Å². The number of aromatic hydroxyl groups is 1. The van der Waals surface area contributed by atoms with Crippen LogP contribution in [0.5, 0.6) is 5.75 Å². The smallest absolute Gasteiger partial charge is 0.266 e. The number of carbonyl (C=O) groups is 1. The van der Waals surface area contributed by atoms with E-state index in [1.807, 2.05) is 30.3 Å². The summed E-state index contributed by atoms with van der Waals surface area (Å²) in [6, 6.07) is 12.4. The molecular weight excluding hydrogens is 318 g/mol. The third-order valence-corrected chi connectivity index (χ3v) is 3.89. The molecule has 2 rings (SSSR count). The standard InChI is InChI=1S/C16H14BrNO2/c1-3-18(12-7-5-4-6-8-12)16(20)15-11(2)13(17)9-10-14(15)19/h3-10,19H,1H2,2H3. The molecule has 1 amide bonds. The number of rotatable bonds is 3. The van der Waals surface area contributed by atoms with Gasteiger partial charge in [0.15, 0.2) is 0 Å². The summed E-state index contributed by atoms with van der Waals surface area (Å²) in [5.74, 6) is -0.360. The minimum Gasteiger partial charge on any atom is -0.507 e. The fourth-order valence-corrected chi connectivity index (χ4v) is 2.29. The predicted molar refractivity (Wildman–Crippen MR) is 84.0 cm³/mol. The van der Waals surface area contributed by atoms with Gasteiger partial charge >= 0.3 is 0 Å². The largest absolute Gasteiger partial charge is 0.507 e. The fourth-order valence-electron chi connectivity index (χ4n) is 1.96. The van der Waals surface area contributed by atoms with Crippen LogP contribution in [0.4, 0.5) is 5.69 Å². The van der Waals surface area contributed by atoms with Gasteiger partial charge in [-0.05, 0) is 36.8 Å². The molecule has 0 heterocycles. The van der Waals surface area contributed by atoms with E-state index in [4.69, 9.17) is 0 Å². The van der Waals surface area contributed by atoms with Gasteiger partial charge in [-0.1, -0.05) is 40.7 Å². The Morgan fingerprint density at radius 1 is 1.25 bits per heavy atom. The molecule has 0 aliphatic heterocycles. The van der Waals surface area contributed by atoms with E-state index < -0.39 is 0 Å². The van der Waals surface area contributed by atoms with Crippen molar-refractivity contribution in [3.63, 3.8) is 0 Å². The highest BCUT2D eigenvalue weighted by atomic mass is 79.9. The van der Waals surface area contributed by atoms with Gasteiger partial charge in [0.05, 0.1) is 5.56 Å². The Kier molecular flexibility index (Phi) is 4.25. The number of hydrogen-bond acceptors (Lipinski definition) is 2. The lowest BCUT2D eigenvalue weighted by Gasteiger charge is -2.20. The van der Waals surface area contributed by atoms with Crippen LogP contribution >= 0.6 is 15.9 Å². The number of phenols is 1. The number of hydrogen-bond donors (Lipinski definition) is 1. The second kappa shape index (κ2) is 5.92. The molecule has 0 atom stereocenters. The third-order valence-electron chi connectivity index (χ3n) is 3.03. The number of amides is 1. The molecular formula is C16H14BrNO2. The minimum atomic E-state index is -0.317. The molecule has 0 aliphatic rings. The molecule has 20 heavy (non-hydrogen) atoms. The topological polar surface area (TPSA) is 40.5 Å². The maximum absolute atomic E-state index is 12.6. The van der Waals surface area contributed by atoms with Gasteiger partial charge in [0.2, 0.25) is 0 Å². The summed E-state index contributed by atoms with van der Waals surface area (Å²) in [4.78, 5) is 14.1. The number of para-hydroxylation sites is 1. The zero-order valence-electron chi connectivity index (χ0n) is 11.0. The van der Waals surface area contributed by atoms with Crippen LogP contribution in [0.15, 0.2) is 59.7 Å². The van der Waals surface area contributed by atoms with Crippen molar-refractivity contribution in [1.82, 2.24) is 0 Å². The Hall–Kier alpha value is -2.07. The van der Waals surface area contributed by atoms with E-state index in [1.165, 1.54) is 17.2 Å². The summed E-state index contributed by atoms with van der Waals surface area (Å²) >= 11 is 3.37. The first-order chi connectivity index (χ1) is 9.56. The van der Waals surface area contributed by atoms with Crippen LogP contribution in [0.1, 0.15) is 15.9 Å². The van der Waals surface area contributed by atoms with Crippen molar-refractivity contribution in [2.24, 2.45) is 0 Å². The average molecular weight is 332 g/mol. The van der Waals surface area contributed by atoms with Gasteiger partial charge in [0, 0.05) is 16.4 Å². The Balaban J connectivity index is 2.50. The summed E-state index contributed by atoms with van der Waals surface area (Å²) in [5.41, 5.74) is 1.66. The van der Waals surface area contributed by atoms with Crippen molar-refractivity contribution in [2.75, 3.05) is 4.90 Å². The quantitative estimate of drug-likeness (QED) is 0.913. The normalized spacial score (nSPS) is 10.1. The van der Waals surface area contributed by atoms with Gasteiger partial charge in [-0.25, -0.2) is 0 Å². The number of benzene rings is 2. The number of phenolic OH excluding ortho intramolecular Hbond substituents is 1. The molecule has 3 nitrogen and oxygen atoms in total. The highest BCUT2D eigenvalue weighted by molar-refractivity contribution is 9.10. The third kappa shape index (κ3) is 2.60. The molecule has 0 saturated carbocycles. The van der Waals surface area contributed by atoms with Crippen LogP contribution in [-0.4, -0.2) is 11.0 Å². The molecule has 0 radical (unpaired) electrons. The second-order valence-corrected chi connectivity index (χ2v) is 5.11. The molecule has 0 spiro atoms. The highest BCUT2D eigenvalue weighted by Gasteiger charge is 2.21. The van der Waals surface area contributed by atoms with Gasteiger partial charge in [-0.15, -0.1) is 0 Å². The van der Waals surface area contributed by atoms with Crippen molar-refractivity contribution >= 4 is 27.5 Å². The molecule has 1 N–H and O–H groups in total. The zero-order valence-corrected chi connectivity index (χ0v) is 12.6. The molecule has 0 bridgehead atoms. The first-order valence-corrected chi connectivity index (χ1v) is 6.84. The van der Waals surface area contributed by atoms with Gasteiger partial charge in [0.25, 0.3) is 5.91 Å². The summed E-state index contributed by atoms with van der Waals surface area (Å²) in [7, 11) is 0. The Morgan fingerprint density at radius 3 is 2.50 bits per heavy atom. The molecule has 102 valence electrons. The molecule has 0 unspecified atom stereocenters. The van der Waals surface area contributed by atoms with Crippen LogP contribution in [0, 0.1) is 6.92 Å². The monoisotopic (exact) mass is 331 g/mol. The lowest BCUT2D eigenvalue weighted by Crippen LogP contribution is -2.25. The Morgan fingerprint density at radius 2 is 1.90 bits per heavy atom. The molecule has 0 aliphatic carbocycles. The van der Waals surface area contributed by atoms with Crippen molar-refractivity contribution < 1.29 is 9.90 Å². The Labute approximate surface area is 126 Å². The van der Waals surface area contributed by atoms with Crippen molar-refractivity contribution in [3.05, 3.63) is 70.8 Å². The maximum atomic E-state index is 12.6. The zero-order chi connectivity index (χ0) is 14.7. The lowest BCUT2D eigenvalue weighted by atomic mass is 10.1. The SMILES string of the molecule is C=CN(C(=O)c1c(O)ccc(Br)c1C)c1ccccc1. The van der Waals surface area contributed by atoms with Crippen LogP contribution < -0.4 is 4.90 Å². The van der Waals surface area contributed by atoms with E-state index in [0.29, 0.717) is 11.3 Å². The van der Waals surface area contributed by atoms with Gasteiger partial charge < -0.3 is 5.11 Å². The van der Waals surface area contributed by atoms with E-state index in [-0.39, 0.29) is 17.2 Å². The highest BCUT2D eigenvalue weighted by Crippen LogP contribution is 2.30. The van der Waals surface area contributed by atoms with Crippen LogP contribution in [-0.2, 0) is 0 Å². The fraction of sp³-hybridized carbons (Fsp3) is 0.0625. The minimum absolute atomic E-state index is 0.0431. The van der Waals surface area contributed by atoms with Crippen LogP contribution in [0.25, 0.3) is 0 Å². The molecule has 2 aromatic rings. The summed E-state index contributed by atoms with van der Waals surface area (Å²) < 4.78 is 0.774. The van der Waals surface area contributed by atoms with Gasteiger partial charge in [0.1, 0.15) is 5.75 Å². The van der Waals surface area contributed by atoms with Crippen molar-refractivity contribution in [2.45, 2.75) is 6.92 Å². The first kappa shape index (κ1) is 14.3. The predicted octanol–water partition coefficient (Wildman–Crippen LogP) is 4.25. The average Bonchev–Trinajstić information content (AvgIpc) is 2.45. The van der Waals surface area contributed by atoms with Crippen LogP contribution in [0.3, 0.4) is 0 Å². The molecule has 0 aromatic heterocycles. The van der Waals surface area contributed by atoms with Crippen LogP contribution in [0.2, 0.25) is 0 Å².